The first kappa shape index (κ1) is 9.12. The monoisotopic (exact) mass is 165 g/mol. The summed E-state index contributed by atoms with van der Waals surface area (Å²) in [6.45, 7) is 4.11. The summed E-state index contributed by atoms with van der Waals surface area (Å²) in [5.41, 5.74) is 0.690. The topological polar surface area (TPSA) is 83.5 Å². The fourth-order valence-electron chi connectivity index (χ4n) is 0.286. The van der Waals surface area contributed by atoms with Gasteiger partial charge in [0.15, 0.2) is 0 Å². The summed E-state index contributed by atoms with van der Waals surface area (Å²) in [7, 11) is -3.12. The average Bonchev–Trinajstić information content (AvgIpc) is 1.83. The van der Waals surface area contributed by atoms with Crippen LogP contribution in [0.15, 0.2) is 12.2 Å². The first-order valence-corrected chi connectivity index (χ1v) is 3.46. The van der Waals surface area contributed by atoms with Crippen molar-refractivity contribution in [2.45, 2.75) is 0 Å². The van der Waals surface area contributed by atoms with Gasteiger partial charge in [-0.1, -0.05) is 6.58 Å². The van der Waals surface area contributed by atoms with Crippen LogP contribution in [0.25, 0.3) is 0 Å². The smallest absolute Gasteiger partial charge is 0.254 e. The van der Waals surface area contributed by atoms with Crippen LogP contribution in [0.4, 0.5) is 0 Å². The summed E-state index contributed by atoms with van der Waals surface area (Å²) in [4.78, 5) is 10.0. The molecular weight excluding hydrogens is 158 g/mol. The molecule has 0 aromatic rings. The summed E-state index contributed by atoms with van der Waals surface area (Å²) in [5.74, 6) is -0.00463. The molecule has 0 bridgehead atoms. The van der Waals surface area contributed by atoms with Crippen molar-refractivity contribution in [3.63, 3.8) is 0 Å². The van der Waals surface area contributed by atoms with Crippen LogP contribution in [0.1, 0.15) is 0 Å². The quantitative estimate of drug-likeness (QED) is 0.181. The Morgan fingerprint density at radius 3 is 1.90 bits per heavy atom. The number of hydrogen-bond donors (Lipinski definition) is 3. The minimum atomic E-state index is -3.12. The zero-order valence-electron chi connectivity index (χ0n) is 5.03. The second kappa shape index (κ2) is 4.02. The van der Waals surface area contributed by atoms with E-state index >= 15 is 0 Å². The molecule has 6 heteroatoms. The van der Waals surface area contributed by atoms with Gasteiger partial charge >= 0.3 is 0 Å². The minimum absolute atomic E-state index is 0.00463. The van der Waals surface area contributed by atoms with Crippen LogP contribution in [-0.2, 0) is 15.8 Å². The van der Waals surface area contributed by atoms with Crippen LogP contribution in [0.3, 0.4) is 0 Å². The maximum Gasteiger partial charge on any atom is 0.254 e. The van der Waals surface area contributed by atoms with E-state index < -0.39 is 11.0 Å². The van der Waals surface area contributed by atoms with Crippen molar-refractivity contribution in [1.29, 1.82) is 0 Å². The molecule has 1 aliphatic heterocycles. The second-order valence-electron chi connectivity index (χ2n) is 1.52. The second-order valence-corrected chi connectivity index (χ2v) is 2.00. The van der Waals surface area contributed by atoms with E-state index in [1.165, 1.54) is 0 Å². The summed E-state index contributed by atoms with van der Waals surface area (Å²) >= 11 is 0. The van der Waals surface area contributed by atoms with Crippen molar-refractivity contribution in [3.05, 3.63) is 12.2 Å². The molecule has 1 aliphatic rings. The van der Waals surface area contributed by atoms with Gasteiger partial charge in [-0.15, -0.1) is 0 Å². The predicted molar refractivity (Wildman–Crippen MR) is 35.1 cm³/mol. The number of hydrogen-bond acceptors (Lipinski definition) is 3. The first-order valence-electron chi connectivity index (χ1n) is 2.33. The van der Waals surface area contributed by atoms with Crippen molar-refractivity contribution in [2.24, 2.45) is 0 Å². The molecule has 0 aromatic carbocycles. The van der Waals surface area contributed by atoms with E-state index in [-0.39, 0.29) is 5.91 Å². The first-order chi connectivity index (χ1) is 4.54. The van der Waals surface area contributed by atoms with Crippen LogP contribution >= 0.6 is 0 Å². The molecule has 1 fully saturated rings. The number of rotatable bonds is 0. The Balaban J connectivity index is 0.000000180. The number of thiol groups is 1. The molecular formula is C4H7NO4S. The van der Waals surface area contributed by atoms with Gasteiger partial charge in [0.05, 0.1) is 0 Å². The van der Waals surface area contributed by atoms with Gasteiger partial charge in [-0.05, 0) is 0 Å². The van der Waals surface area contributed by atoms with E-state index in [0.29, 0.717) is 12.1 Å². The molecule has 10 heavy (non-hydrogen) atoms. The third kappa shape index (κ3) is 4.04. The highest BCUT2D eigenvalue weighted by Crippen LogP contribution is 1.95. The summed E-state index contributed by atoms with van der Waals surface area (Å²) in [6, 6.07) is 0. The van der Waals surface area contributed by atoms with Gasteiger partial charge in [-0.25, -0.2) is 8.42 Å². The zero-order valence-corrected chi connectivity index (χ0v) is 5.93. The molecule has 0 unspecified atom stereocenters. The van der Waals surface area contributed by atoms with Gasteiger partial charge in [0.1, 0.15) is 0 Å². The predicted octanol–water partition coefficient (Wildman–Crippen LogP) is -1.26. The lowest BCUT2D eigenvalue weighted by Crippen LogP contribution is -2.40. The molecule has 0 spiro atoms. The molecule has 0 aromatic heterocycles. The third-order valence-corrected chi connectivity index (χ3v) is 0.783. The van der Waals surface area contributed by atoms with Crippen molar-refractivity contribution in [1.82, 2.24) is 5.32 Å². The maximum absolute atomic E-state index is 10.0. The van der Waals surface area contributed by atoms with E-state index in [1.54, 1.807) is 0 Å². The highest BCUT2D eigenvalue weighted by molar-refractivity contribution is 7.66. The molecule has 58 valence electrons. The molecule has 0 aliphatic carbocycles. The van der Waals surface area contributed by atoms with Crippen molar-refractivity contribution in [2.75, 3.05) is 6.54 Å². The van der Waals surface area contributed by atoms with Gasteiger partial charge in [0.25, 0.3) is 11.0 Å². The number of carbonyl (C=O) groups excluding carboxylic acids is 1. The van der Waals surface area contributed by atoms with Crippen molar-refractivity contribution >= 4 is 16.9 Å². The molecule has 0 radical (unpaired) electrons. The Kier molecular flexibility index (Phi) is 3.67. The van der Waals surface area contributed by atoms with Crippen LogP contribution < -0.4 is 5.32 Å². The van der Waals surface area contributed by atoms with E-state index in [2.05, 4.69) is 11.9 Å². The van der Waals surface area contributed by atoms with E-state index in [9.17, 15) is 4.79 Å². The van der Waals surface area contributed by atoms with E-state index in [0.717, 1.165) is 0 Å². The van der Waals surface area contributed by atoms with Crippen molar-refractivity contribution in [3.8, 4) is 0 Å². The standard InChI is InChI=1S/C4H5NO.H2O3S/c1-3-2-5-4(3)6;1-4(2)3/h1-2H2,(H,5,6);4H,(H,1,2,3). The SMILES string of the molecule is C=C1CNC1=O.O=[SH](=O)O. The van der Waals surface area contributed by atoms with Gasteiger partial charge in [0, 0.05) is 12.1 Å². The number of carbonyl (C=O) groups is 1. The van der Waals surface area contributed by atoms with Gasteiger partial charge in [-0.3, -0.25) is 9.35 Å². The largest absolute Gasteiger partial charge is 0.348 e. The van der Waals surface area contributed by atoms with Gasteiger partial charge in [0.2, 0.25) is 5.91 Å². The highest BCUT2D eigenvalue weighted by Gasteiger charge is 2.14. The molecule has 1 amide bonds. The summed E-state index contributed by atoms with van der Waals surface area (Å²) in [6.07, 6.45) is 0. The Labute approximate surface area is 59.5 Å². The fraction of sp³-hybridized carbons (Fsp3) is 0.250. The minimum Gasteiger partial charge on any atom is -0.348 e. The molecule has 5 nitrogen and oxygen atoms in total. The number of nitrogens with one attached hydrogen (secondary N) is 1. The van der Waals surface area contributed by atoms with Crippen LogP contribution in [-0.4, -0.2) is 25.4 Å². The van der Waals surface area contributed by atoms with Gasteiger partial charge in [-0.2, -0.15) is 0 Å². The maximum atomic E-state index is 10.0. The van der Waals surface area contributed by atoms with E-state index in [1.807, 2.05) is 0 Å². The number of β-lactam (4-membered cyclic amide) rings is 1. The number of amides is 1. The zero-order chi connectivity index (χ0) is 8.15. The molecule has 0 saturated carbocycles. The average molecular weight is 165 g/mol. The van der Waals surface area contributed by atoms with Crippen LogP contribution in [0.2, 0.25) is 0 Å². The molecule has 0 atom stereocenters. The molecule has 1 heterocycles. The third-order valence-electron chi connectivity index (χ3n) is 0.783. The van der Waals surface area contributed by atoms with Crippen LogP contribution in [0.5, 0.6) is 0 Å². The molecule has 1 rings (SSSR count). The van der Waals surface area contributed by atoms with Crippen LogP contribution in [0, 0.1) is 0 Å². The molecule has 2 N–H and O–H groups in total. The fourth-order valence-corrected chi connectivity index (χ4v) is 0.286. The lowest BCUT2D eigenvalue weighted by atomic mass is 10.2. The Bertz CT molecular complexity index is 197. The lowest BCUT2D eigenvalue weighted by Gasteiger charge is -2.14. The molecule has 1 saturated heterocycles. The van der Waals surface area contributed by atoms with Gasteiger partial charge < -0.3 is 5.32 Å². The van der Waals surface area contributed by atoms with E-state index in [4.69, 9.17) is 13.0 Å². The lowest BCUT2D eigenvalue weighted by molar-refractivity contribution is -0.120. The summed E-state index contributed by atoms with van der Waals surface area (Å²) in [5, 5.41) is 2.52. The normalized spacial score (nSPS) is 15.0. The Morgan fingerprint density at radius 2 is 1.90 bits per heavy atom. The summed E-state index contributed by atoms with van der Waals surface area (Å²) < 4.78 is 24.2. The highest BCUT2D eigenvalue weighted by atomic mass is 32.2. The van der Waals surface area contributed by atoms with Crippen molar-refractivity contribution < 1.29 is 17.8 Å². The Hall–Kier alpha value is -0.880. The Morgan fingerprint density at radius 1 is 1.60 bits per heavy atom.